The Hall–Kier alpha value is 1.41. The lowest BCUT2D eigenvalue weighted by atomic mass is 10.5. The molecule has 0 fully saturated rings. The van der Waals surface area contributed by atoms with E-state index < -0.39 is 10.1 Å². The normalized spacial score (nSPS) is 10.6. The van der Waals surface area contributed by atoms with E-state index in [1.807, 2.05) is 0 Å². The van der Waals surface area contributed by atoms with Gasteiger partial charge in [-0.05, 0) is 12.8 Å². The molecule has 0 bridgehead atoms. The fourth-order valence-corrected chi connectivity index (χ4v) is 2.56. The van der Waals surface area contributed by atoms with Gasteiger partial charge in [0.1, 0.15) is 0 Å². The first-order valence-electron chi connectivity index (χ1n) is 4.00. The van der Waals surface area contributed by atoms with Crippen molar-refractivity contribution in [1.82, 2.24) is 0 Å². The highest BCUT2D eigenvalue weighted by molar-refractivity contribution is 14.1. The van der Waals surface area contributed by atoms with Crippen LogP contribution in [0.3, 0.4) is 0 Å². The lowest BCUT2D eigenvalue weighted by molar-refractivity contribution is 0.322. The van der Waals surface area contributed by atoms with Crippen LogP contribution in [0.1, 0.15) is 12.8 Å². The predicted molar refractivity (Wildman–Crippen MR) is 73.4 cm³/mol. The van der Waals surface area contributed by atoms with Crippen molar-refractivity contribution in [2.24, 2.45) is 0 Å². The van der Waals surface area contributed by atoms with Crippen LogP contribution >= 0.6 is 50.1 Å². The first kappa shape index (κ1) is 17.8. The molecule has 0 saturated heterocycles. The molecule has 88 valence electrons. The van der Waals surface area contributed by atoms with E-state index in [2.05, 4.69) is 42.7 Å². The summed E-state index contributed by atoms with van der Waals surface area (Å²) >= 11 is 10.9. The van der Waals surface area contributed by atoms with E-state index in [0.29, 0.717) is 12.3 Å². The van der Waals surface area contributed by atoms with Crippen LogP contribution in [-0.4, -0.2) is 36.9 Å². The molecule has 0 N–H and O–H groups in total. The van der Waals surface area contributed by atoms with Gasteiger partial charge in [-0.15, -0.1) is 11.6 Å². The second-order valence-electron chi connectivity index (χ2n) is 2.30. The van der Waals surface area contributed by atoms with Crippen LogP contribution in [0.25, 0.3) is 0 Å². The molecule has 0 atom stereocenters. The van der Waals surface area contributed by atoms with Crippen molar-refractivity contribution >= 4 is 60.2 Å². The van der Waals surface area contributed by atoms with E-state index in [9.17, 15) is 8.42 Å². The molecule has 3 nitrogen and oxygen atoms in total. The Balaban J connectivity index is 0. The summed E-state index contributed by atoms with van der Waals surface area (Å²) in [6.07, 6.45) is 2.87. The molecule has 0 aliphatic carbocycles. The van der Waals surface area contributed by atoms with Crippen molar-refractivity contribution in [2.75, 3.05) is 28.5 Å². The largest absolute Gasteiger partial charge is 0.270 e. The third kappa shape index (κ3) is 23.3. The zero-order valence-corrected chi connectivity index (χ0v) is 13.3. The zero-order chi connectivity index (χ0) is 11.4. The van der Waals surface area contributed by atoms with Crippen molar-refractivity contribution in [3.05, 3.63) is 0 Å². The molecule has 0 radical (unpaired) electrons. The molecule has 0 aromatic rings. The standard InChI is InChI=1S/C4H9ClO3S.C3H6BrI/c1-9(6,7)8-4-2-3-5;4-2-1-3-5/h2-4H2,1H3;1-3H2. The summed E-state index contributed by atoms with van der Waals surface area (Å²) in [5.41, 5.74) is 0. The van der Waals surface area contributed by atoms with E-state index in [4.69, 9.17) is 11.6 Å². The average molecular weight is 422 g/mol. The van der Waals surface area contributed by atoms with Crippen molar-refractivity contribution in [3.8, 4) is 0 Å². The van der Waals surface area contributed by atoms with E-state index in [-0.39, 0.29) is 6.61 Å². The molecule has 0 unspecified atom stereocenters. The molecule has 7 heteroatoms. The van der Waals surface area contributed by atoms with Gasteiger partial charge < -0.3 is 0 Å². The lowest BCUT2D eigenvalue weighted by Crippen LogP contribution is -2.04. The maximum Gasteiger partial charge on any atom is 0.264 e. The van der Waals surface area contributed by atoms with Crippen LogP contribution in [0, 0.1) is 0 Å². The van der Waals surface area contributed by atoms with Gasteiger partial charge in [-0.25, -0.2) is 0 Å². The summed E-state index contributed by atoms with van der Waals surface area (Å²) in [4.78, 5) is 0. The molecule has 0 amide bonds. The molecular formula is C7H15BrClIO3S. The zero-order valence-electron chi connectivity index (χ0n) is 8.01. The lowest BCUT2D eigenvalue weighted by Gasteiger charge is -1.95. The fourth-order valence-electron chi connectivity index (χ4n) is 0.315. The molecule has 0 aliphatic heterocycles. The molecule has 0 spiro atoms. The number of hydrogen-bond donors (Lipinski definition) is 0. The van der Waals surface area contributed by atoms with Gasteiger partial charge in [-0.1, -0.05) is 38.5 Å². The molecule has 0 saturated carbocycles. The van der Waals surface area contributed by atoms with Crippen molar-refractivity contribution in [2.45, 2.75) is 12.8 Å². The van der Waals surface area contributed by atoms with Crippen molar-refractivity contribution < 1.29 is 12.6 Å². The van der Waals surface area contributed by atoms with Crippen molar-refractivity contribution in [3.63, 3.8) is 0 Å². The Morgan fingerprint density at radius 2 is 2.00 bits per heavy atom. The summed E-state index contributed by atoms with van der Waals surface area (Å²) in [5.74, 6) is 0.426. The SMILES string of the molecule is BrCCCI.CS(=O)(=O)OCCCCl. The third-order valence-corrected chi connectivity index (χ3v) is 3.03. The number of rotatable bonds is 6. The highest BCUT2D eigenvalue weighted by atomic mass is 127. The third-order valence-electron chi connectivity index (χ3n) is 0.843. The fraction of sp³-hybridized carbons (Fsp3) is 1.00. The Morgan fingerprint density at radius 3 is 2.21 bits per heavy atom. The second-order valence-corrected chi connectivity index (χ2v) is 6.19. The molecule has 0 aliphatic rings. The summed E-state index contributed by atoms with van der Waals surface area (Å²) in [7, 11) is -3.26. The van der Waals surface area contributed by atoms with Crippen LogP contribution in [0.15, 0.2) is 0 Å². The van der Waals surface area contributed by atoms with Gasteiger partial charge in [0.25, 0.3) is 10.1 Å². The summed E-state index contributed by atoms with van der Waals surface area (Å²) in [5, 5.41) is 1.15. The monoisotopic (exact) mass is 420 g/mol. The maximum absolute atomic E-state index is 10.2. The molecule has 0 aromatic heterocycles. The van der Waals surface area contributed by atoms with E-state index >= 15 is 0 Å². The summed E-state index contributed by atoms with van der Waals surface area (Å²) in [6.45, 7) is 0.183. The topological polar surface area (TPSA) is 43.4 Å². The minimum Gasteiger partial charge on any atom is -0.270 e. The van der Waals surface area contributed by atoms with Crippen LogP contribution in [0.2, 0.25) is 0 Å². The predicted octanol–water partition coefficient (Wildman–Crippen LogP) is 2.80. The molecule has 0 aromatic carbocycles. The minimum absolute atomic E-state index is 0.183. The smallest absolute Gasteiger partial charge is 0.264 e. The Kier molecular flexibility index (Phi) is 15.9. The average Bonchev–Trinajstić information content (AvgIpc) is 2.05. The minimum atomic E-state index is -3.26. The van der Waals surface area contributed by atoms with Gasteiger partial charge in [0.2, 0.25) is 0 Å². The number of alkyl halides is 3. The second kappa shape index (κ2) is 12.5. The molecule has 0 rings (SSSR count). The van der Waals surface area contributed by atoms with Crippen molar-refractivity contribution in [1.29, 1.82) is 0 Å². The summed E-state index contributed by atoms with van der Waals surface area (Å²) in [6, 6.07) is 0. The van der Waals surface area contributed by atoms with E-state index in [0.717, 1.165) is 11.6 Å². The van der Waals surface area contributed by atoms with Gasteiger partial charge in [0.05, 0.1) is 12.9 Å². The Morgan fingerprint density at radius 1 is 1.43 bits per heavy atom. The van der Waals surface area contributed by atoms with Crippen LogP contribution in [0.5, 0.6) is 0 Å². The van der Waals surface area contributed by atoms with Crippen LogP contribution < -0.4 is 0 Å². The van der Waals surface area contributed by atoms with Gasteiger partial charge >= 0.3 is 0 Å². The van der Waals surface area contributed by atoms with Gasteiger partial charge in [-0.2, -0.15) is 8.42 Å². The maximum atomic E-state index is 10.2. The van der Waals surface area contributed by atoms with E-state index in [1.54, 1.807) is 0 Å². The summed E-state index contributed by atoms with van der Waals surface area (Å²) < 4.78 is 26.1. The molecule has 0 heterocycles. The van der Waals surface area contributed by atoms with Gasteiger partial charge in [0, 0.05) is 15.6 Å². The molecular weight excluding hydrogens is 406 g/mol. The first-order valence-corrected chi connectivity index (χ1v) is 9.00. The van der Waals surface area contributed by atoms with Gasteiger partial charge in [0.15, 0.2) is 0 Å². The number of halogens is 3. The quantitative estimate of drug-likeness (QED) is 0.287. The molecule has 14 heavy (non-hydrogen) atoms. The highest BCUT2D eigenvalue weighted by Gasteiger charge is 1.98. The van der Waals surface area contributed by atoms with Crippen LogP contribution in [0.4, 0.5) is 0 Å². The van der Waals surface area contributed by atoms with E-state index in [1.165, 1.54) is 10.8 Å². The van der Waals surface area contributed by atoms with Gasteiger partial charge in [-0.3, -0.25) is 4.18 Å². The highest BCUT2D eigenvalue weighted by Crippen LogP contribution is 1.91. The van der Waals surface area contributed by atoms with Crippen LogP contribution in [-0.2, 0) is 14.3 Å². The number of hydrogen-bond acceptors (Lipinski definition) is 3. The Labute approximate surface area is 113 Å². The first-order chi connectivity index (χ1) is 6.47. The Bertz CT molecular complexity index is 197.